The average molecular weight is 829 g/mol. The summed E-state index contributed by atoms with van der Waals surface area (Å²) in [7, 11) is 3.42. The molecule has 64 heavy (non-hydrogen) atoms. The molecule has 0 aliphatic carbocycles. The summed E-state index contributed by atoms with van der Waals surface area (Å²) >= 11 is 0. The molecule has 0 amide bonds. The van der Waals surface area contributed by atoms with Crippen molar-refractivity contribution in [3.8, 4) is 44.9 Å². The quantitative estimate of drug-likeness (QED) is 0.130. The highest BCUT2D eigenvalue weighted by atomic mass is 16.5. The molecule has 310 valence electrons. The first-order valence-corrected chi connectivity index (χ1v) is 21.7. The van der Waals surface area contributed by atoms with Gasteiger partial charge in [0.15, 0.2) is 0 Å². The SMILES string of the molecule is COc1ccc(N(c2cccc(-c3ccccc3-c3ccccc3-c3cccc(N(c4ccc(OC)cc4)c4ccc(C)c5ccccc45)c3)c2)c2ccc(C)c3ccccc23)cc1. The molecule has 10 aromatic carbocycles. The fourth-order valence-corrected chi connectivity index (χ4v) is 9.14. The van der Waals surface area contributed by atoms with Gasteiger partial charge in [-0.25, -0.2) is 0 Å². The average Bonchev–Trinajstić information content (AvgIpc) is 3.36. The second-order valence-electron chi connectivity index (χ2n) is 16.2. The van der Waals surface area contributed by atoms with Crippen LogP contribution in [0, 0.1) is 13.8 Å². The summed E-state index contributed by atoms with van der Waals surface area (Å²) in [5.41, 5.74) is 15.8. The van der Waals surface area contributed by atoms with Crippen LogP contribution in [0.5, 0.6) is 11.5 Å². The van der Waals surface area contributed by atoms with Crippen molar-refractivity contribution >= 4 is 55.7 Å². The van der Waals surface area contributed by atoms with Gasteiger partial charge in [-0.05, 0) is 154 Å². The minimum atomic E-state index is 0.821. The molecule has 0 saturated heterocycles. The summed E-state index contributed by atoms with van der Waals surface area (Å²) in [5, 5.41) is 4.86. The van der Waals surface area contributed by atoms with Crippen LogP contribution >= 0.6 is 0 Å². The Morgan fingerprint density at radius 3 is 1.05 bits per heavy atom. The number of anilines is 6. The Morgan fingerprint density at radius 2 is 0.656 bits per heavy atom. The van der Waals surface area contributed by atoms with Crippen LogP contribution < -0.4 is 19.3 Å². The van der Waals surface area contributed by atoms with Crippen LogP contribution in [0.3, 0.4) is 0 Å². The number of hydrogen-bond acceptors (Lipinski definition) is 4. The van der Waals surface area contributed by atoms with Crippen molar-refractivity contribution in [1.29, 1.82) is 0 Å². The van der Waals surface area contributed by atoms with E-state index in [4.69, 9.17) is 9.47 Å². The van der Waals surface area contributed by atoms with E-state index in [0.29, 0.717) is 0 Å². The van der Waals surface area contributed by atoms with E-state index >= 15 is 0 Å². The molecule has 10 rings (SSSR count). The van der Waals surface area contributed by atoms with Gasteiger partial charge in [0.2, 0.25) is 0 Å². The van der Waals surface area contributed by atoms with Crippen molar-refractivity contribution in [3.63, 3.8) is 0 Å². The first kappa shape index (κ1) is 40.0. The number of methoxy groups -OCH3 is 2. The highest BCUT2D eigenvalue weighted by Crippen LogP contribution is 2.45. The molecule has 0 atom stereocenters. The van der Waals surface area contributed by atoms with Gasteiger partial charge in [0.05, 0.1) is 25.6 Å². The van der Waals surface area contributed by atoms with Crippen molar-refractivity contribution in [3.05, 3.63) is 230 Å². The van der Waals surface area contributed by atoms with Crippen LogP contribution in [-0.2, 0) is 0 Å². The van der Waals surface area contributed by atoms with Crippen LogP contribution in [0.1, 0.15) is 11.1 Å². The smallest absolute Gasteiger partial charge is 0.119 e. The number of hydrogen-bond donors (Lipinski definition) is 0. The molecule has 0 aliphatic heterocycles. The van der Waals surface area contributed by atoms with E-state index < -0.39 is 0 Å². The predicted octanol–water partition coefficient (Wildman–Crippen LogP) is 16.6. The molecule has 4 heteroatoms. The number of aryl methyl sites for hydroxylation is 2. The Labute approximate surface area is 375 Å². The zero-order chi connectivity index (χ0) is 43.6. The molecule has 0 N–H and O–H groups in total. The number of fused-ring (bicyclic) bond motifs is 2. The Balaban J connectivity index is 1.09. The fraction of sp³-hybridized carbons (Fsp3) is 0.0667. The zero-order valence-corrected chi connectivity index (χ0v) is 36.5. The minimum Gasteiger partial charge on any atom is -0.497 e. The van der Waals surface area contributed by atoms with Gasteiger partial charge in [-0.3, -0.25) is 0 Å². The van der Waals surface area contributed by atoms with E-state index in [2.05, 4.69) is 218 Å². The number of ether oxygens (including phenoxy) is 2. The van der Waals surface area contributed by atoms with E-state index in [1.165, 1.54) is 32.7 Å². The van der Waals surface area contributed by atoms with Crippen molar-refractivity contribution in [2.75, 3.05) is 24.0 Å². The van der Waals surface area contributed by atoms with E-state index in [1.807, 2.05) is 24.3 Å². The molecule has 0 fully saturated rings. The van der Waals surface area contributed by atoms with Crippen LogP contribution in [-0.4, -0.2) is 14.2 Å². The van der Waals surface area contributed by atoms with Crippen molar-refractivity contribution < 1.29 is 9.47 Å². The van der Waals surface area contributed by atoms with Crippen LogP contribution in [0.25, 0.3) is 54.9 Å². The Morgan fingerprint density at radius 1 is 0.297 bits per heavy atom. The molecule has 0 radical (unpaired) electrons. The standard InChI is InChI=1S/C60H48N2O2/c1-41-27-37-59(57-25-11-5-19-51(41)57)61(45-29-33-49(63-3)34-30-45)47-17-13-15-43(39-47)53-21-7-9-23-55(53)56-24-10-8-22-54(56)44-16-14-18-48(40-44)62(46-31-35-50(64-4)36-32-46)60-38-28-42(2)52-20-6-12-26-58(52)60/h5-40H,1-4H3. The third kappa shape index (κ3) is 7.50. The predicted molar refractivity (Wildman–Crippen MR) is 270 cm³/mol. The lowest BCUT2D eigenvalue weighted by molar-refractivity contribution is 0.414. The van der Waals surface area contributed by atoms with Crippen LogP contribution in [0.2, 0.25) is 0 Å². The normalized spacial score (nSPS) is 11.1. The molecule has 0 saturated carbocycles. The number of benzene rings is 10. The second kappa shape index (κ2) is 17.4. The summed E-state index contributed by atoms with van der Waals surface area (Å²) < 4.78 is 11.2. The van der Waals surface area contributed by atoms with Gasteiger partial charge in [0, 0.05) is 33.5 Å². The summed E-state index contributed by atoms with van der Waals surface area (Å²) in [6.07, 6.45) is 0. The molecule has 10 aromatic rings. The highest BCUT2D eigenvalue weighted by Gasteiger charge is 2.21. The molecular formula is C60H48N2O2. The van der Waals surface area contributed by atoms with E-state index in [-0.39, 0.29) is 0 Å². The highest BCUT2D eigenvalue weighted by molar-refractivity contribution is 6.03. The summed E-state index contributed by atoms with van der Waals surface area (Å²) in [6, 6.07) is 78.3. The first-order valence-electron chi connectivity index (χ1n) is 21.7. The van der Waals surface area contributed by atoms with Crippen LogP contribution in [0.4, 0.5) is 34.1 Å². The topological polar surface area (TPSA) is 24.9 Å². The van der Waals surface area contributed by atoms with Gasteiger partial charge in [-0.2, -0.15) is 0 Å². The number of rotatable bonds is 11. The molecule has 0 bridgehead atoms. The summed E-state index contributed by atoms with van der Waals surface area (Å²) in [4.78, 5) is 4.72. The van der Waals surface area contributed by atoms with Gasteiger partial charge in [-0.1, -0.05) is 133 Å². The maximum atomic E-state index is 5.58. The maximum absolute atomic E-state index is 5.58. The van der Waals surface area contributed by atoms with Gasteiger partial charge in [0.1, 0.15) is 11.5 Å². The third-order valence-electron chi connectivity index (χ3n) is 12.4. The lowest BCUT2D eigenvalue weighted by Gasteiger charge is -2.28. The van der Waals surface area contributed by atoms with Crippen LogP contribution in [0.15, 0.2) is 218 Å². The minimum absolute atomic E-state index is 0.821. The lowest BCUT2D eigenvalue weighted by atomic mass is 9.89. The number of nitrogens with zero attached hydrogens (tertiary/aromatic N) is 2. The van der Waals surface area contributed by atoms with Gasteiger partial charge in [0.25, 0.3) is 0 Å². The van der Waals surface area contributed by atoms with Gasteiger partial charge in [-0.15, -0.1) is 0 Å². The molecule has 0 spiro atoms. The third-order valence-corrected chi connectivity index (χ3v) is 12.4. The Hall–Kier alpha value is -8.08. The van der Waals surface area contributed by atoms with Gasteiger partial charge >= 0.3 is 0 Å². The molecule has 0 heterocycles. The van der Waals surface area contributed by atoms with E-state index in [0.717, 1.165) is 79.0 Å². The van der Waals surface area contributed by atoms with E-state index in [9.17, 15) is 0 Å². The van der Waals surface area contributed by atoms with Gasteiger partial charge < -0.3 is 19.3 Å². The molecule has 4 nitrogen and oxygen atoms in total. The molecule has 0 aliphatic rings. The van der Waals surface area contributed by atoms with E-state index in [1.54, 1.807) is 14.2 Å². The fourth-order valence-electron chi connectivity index (χ4n) is 9.14. The first-order chi connectivity index (χ1) is 31.5. The molecule has 0 aromatic heterocycles. The maximum Gasteiger partial charge on any atom is 0.119 e. The Bertz CT molecular complexity index is 3060. The summed E-state index contributed by atoms with van der Waals surface area (Å²) in [5.74, 6) is 1.64. The largest absolute Gasteiger partial charge is 0.497 e. The van der Waals surface area contributed by atoms with Crippen molar-refractivity contribution in [2.45, 2.75) is 13.8 Å². The zero-order valence-electron chi connectivity index (χ0n) is 36.5. The Kier molecular flexibility index (Phi) is 10.9. The van der Waals surface area contributed by atoms with Crippen molar-refractivity contribution in [1.82, 2.24) is 0 Å². The monoisotopic (exact) mass is 828 g/mol. The lowest BCUT2D eigenvalue weighted by Crippen LogP contribution is -2.11. The van der Waals surface area contributed by atoms with Crippen molar-refractivity contribution in [2.24, 2.45) is 0 Å². The summed E-state index contributed by atoms with van der Waals surface area (Å²) in [6.45, 7) is 4.36. The molecular weight excluding hydrogens is 781 g/mol. The second-order valence-corrected chi connectivity index (χ2v) is 16.2. The molecule has 0 unspecified atom stereocenters.